The monoisotopic (exact) mass is 265 g/mol. The lowest BCUT2D eigenvalue weighted by atomic mass is 9.83. The van der Waals surface area contributed by atoms with Gasteiger partial charge >= 0.3 is 0 Å². The standard InChI is InChI=1S/C13H25F2NS/c1-3-16-12(10-17-4-2)8-11-6-5-7-13(14,15)9-11/h11-12,16H,3-10H2,1-2H3. The molecule has 0 saturated heterocycles. The first-order chi connectivity index (χ1) is 8.07. The zero-order chi connectivity index (χ0) is 12.7. The lowest BCUT2D eigenvalue weighted by molar-refractivity contribution is -0.0544. The molecular weight excluding hydrogens is 240 g/mol. The van der Waals surface area contributed by atoms with Crippen LogP contribution < -0.4 is 5.32 Å². The Labute approximate surface area is 108 Å². The van der Waals surface area contributed by atoms with Crippen molar-refractivity contribution in [3.63, 3.8) is 0 Å². The molecule has 0 bridgehead atoms. The molecule has 17 heavy (non-hydrogen) atoms. The van der Waals surface area contributed by atoms with Gasteiger partial charge in [0.1, 0.15) is 0 Å². The summed E-state index contributed by atoms with van der Waals surface area (Å²) in [6.45, 7) is 5.15. The number of rotatable bonds is 7. The molecule has 0 aliphatic heterocycles. The summed E-state index contributed by atoms with van der Waals surface area (Å²) in [6, 6.07) is 0.406. The molecule has 0 aromatic heterocycles. The number of hydrogen-bond donors (Lipinski definition) is 1. The molecule has 1 N–H and O–H groups in total. The summed E-state index contributed by atoms with van der Waals surface area (Å²) in [5, 5.41) is 3.43. The summed E-state index contributed by atoms with van der Waals surface area (Å²) < 4.78 is 26.6. The molecule has 4 heteroatoms. The first kappa shape index (κ1) is 15.2. The summed E-state index contributed by atoms with van der Waals surface area (Å²) in [5.41, 5.74) is 0. The van der Waals surface area contributed by atoms with Gasteiger partial charge in [0.2, 0.25) is 5.92 Å². The molecule has 1 aliphatic carbocycles. The summed E-state index contributed by atoms with van der Waals surface area (Å²) >= 11 is 1.89. The Morgan fingerprint density at radius 1 is 1.41 bits per heavy atom. The van der Waals surface area contributed by atoms with Crippen molar-refractivity contribution in [1.82, 2.24) is 5.32 Å². The predicted octanol–water partition coefficient (Wildman–Crippen LogP) is 3.93. The van der Waals surface area contributed by atoms with Crippen LogP contribution in [-0.2, 0) is 0 Å². The molecule has 1 fully saturated rings. The van der Waals surface area contributed by atoms with Gasteiger partial charge in [0, 0.05) is 24.6 Å². The maximum Gasteiger partial charge on any atom is 0.248 e. The zero-order valence-electron chi connectivity index (χ0n) is 11.0. The Morgan fingerprint density at radius 3 is 2.76 bits per heavy atom. The molecule has 0 aromatic carbocycles. The van der Waals surface area contributed by atoms with Crippen LogP contribution >= 0.6 is 11.8 Å². The molecule has 102 valence electrons. The largest absolute Gasteiger partial charge is 0.313 e. The van der Waals surface area contributed by atoms with Crippen LogP contribution in [0.15, 0.2) is 0 Å². The van der Waals surface area contributed by atoms with E-state index in [4.69, 9.17) is 0 Å². The van der Waals surface area contributed by atoms with Crippen molar-refractivity contribution in [2.45, 2.75) is 57.9 Å². The summed E-state index contributed by atoms with van der Waals surface area (Å²) in [4.78, 5) is 0. The van der Waals surface area contributed by atoms with Crippen molar-refractivity contribution < 1.29 is 8.78 Å². The van der Waals surface area contributed by atoms with Crippen molar-refractivity contribution in [2.75, 3.05) is 18.1 Å². The van der Waals surface area contributed by atoms with Crippen LogP contribution in [0.25, 0.3) is 0 Å². The summed E-state index contributed by atoms with van der Waals surface area (Å²) in [5.74, 6) is -0.0487. The maximum atomic E-state index is 13.3. The van der Waals surface area contributed by atoms with E-state index in [0.717, 1.165) is 30.9 Å². The highest BCUT2D eigenvalue weighted by Crippen LogP contribution is 2.38. The van der Waals surface area contributed by atoms with Crippen molar-refractivity contribution in [2.24, 2.45) is 5.92 Å². The van der Waals surface area contributed by atoms with Gasteiger partial charge in [-0.15, -0.1) is 0 Å². The van der Waals surface area contributed by atoms with E-state index in [2.05, 4.69) is 19.2 Å². The number of thioether (sulfide) groups is 1. The van der Waals surface area contributed by atoms with Gasteiger partial charge < -0.3 is 5.32 Å². The van der Waals surface area contributed by atoms with Crippen molar-refractivity contribution in [3.05, 3.63) is 0 Å². The molecule has 1 nitrogen and oxygen atoms in total. The van der Waals surface area contributed by atoms with Gasteiger partial charge in [0.15, 0.2) is 0 Å². The minimum Gasteiger partial charge on any atom is -0.313 e. The molecule has 0 aromatic rings. The fourth-order valence-electron chi connectivity index (χ4n) is 2.64. The molecule has 2 unspecified atom stereocenters. The van der Waals surface area contributed by atoms with Gasteiger partial charge in [-0.1, -0.05) is 13.8 Å². The molecular formula is C13H25F2NS. The maximum absolute atomic E-state index is 13.3. The van der Waals surface area contributed by atoms with Crippen LogP contribution in [0.4, 0.5) is 8.78 Å². The average molecular weight is 265 g/mol. The fraction of sp³-hybridized carbons (Fsp3) is 1.00. The molecule has 0 radical (unpaired) electrons. The Morgan fingerprint density at radius 2 is 2.18 bits per heavy atom. The fourth-order valence-corrected chi connectivity index (χ4v) is 3.41. The van der Waals surface area contributed by atoms with Gasteiger partial charge in [-0.2, -0.15) is 11.8 Å². The summed E-state index contributed by atoms with van der Waals surface area (Å²) in [6.07, 6.45) is 2.78. The topological polar surface area (TPSA) is 12.0 Å². The van der Waals surface area contributed by atoms with Crippen LogP contribution in [0.3, 0.4) is 0 Å². The van der Waals surface area contributed by atoms with Crippen LogP contribution in [0.2, 0.25) is 0 Å². The second-order valence-corrected chi connectivity index (χ2v) is 6.29. The predicted molar refractivity (Wildman–Crippen MR) is 72.0 cm³/mol. The Hall–Kier alpha value is 0.170. The van der Waals surface area contributed by atoms with Gasteiger partial charge in [-0.3, -0.25) is 0 Å². The second kappa shape index (κ2) is 7.57. The van der Waals surface area contributed by atoms with E-state index >= 15 is 0 Å². The molecule has 0 spiro atoms. The Kier molecular flexibility index (Phi) is 6.78. The SMILES string of the molecule is CCNC(CSCC)CC1CCCC(F)(F)C1. The van der Waals surface area contributed by atoms with Crippen molar-refractivity contribution >= 4 is 11.8 Å². The lowest BCUT2D eigenvalue weighted by Crippen LogP contribution is -2.36. The molecule has 0 heterocycles. The third kappa shape index (κ3) is 6.05. The van der Waals surface area contributed by atoms with E-state index in [9.17, 15) is 8.78 Å². The van der Waals surface area contributed by atoms with E-state index < -0.39 is 5.92 Å². The minimum absolute atomic E-state index is 0.0963. The van der Waals surface area contributed by atoms with Gasteiger partial charge in [0.05, 0.1) is 0 Å². The molecule has 0 amide bonds. The van der Waals surface area contributed by atoms with Crippen LogP contribution in [0.5, 0.6) is 0 Å². The van der Waals surface area contributed by atoms with E-state index in [-0.39, 0.29) is 18.8 Å². The zero-order valence-corrected chi connectivity index (χ0v) is 11.8. The third-order valence-electron chi connectivity index (χ3n) is 3.38. The molecule has 2 atom stereocenters. The highest BCUT2D eigenvalue weighted by atomic mass is 32.2. The first-order valence-corrected chi connectivity index (χ1v) is 7.91. The highest BCUT2D eigenvalue weighted by molar-refractivity contribution is 7.99. The number of hydrogen-bond acceptors (Lipinski definition) is 2. The Balaban J connectivity index is 2.37. The van der Waals surface area contributed by atoms with Gasteiger partial charge in [0.25, 0.3) is 0 Å². The number of alkyl halides is 2. The van der Waals surface area contributed by atoms with E-state index in [1.807, 2.05) is 11.8 Å². The smallest absolute Gasteiger partial charge is 0.248 e. The molecule has 1 rings (SSSR count). The molecule has 1 saturated carbocycles. The summed E-state index contributed by atoms with van der Waals surface area (Å²) in [7, 11) is 0. The third-order valence-corrected chi connectivity index (χ3v) is 4.42. The van der Waals surface area contributed by atoms with E-state index in [1.54, 1.807) is 0 Å². The van der Waals surface area contributed by atoms with E-state index in [1.165, 1.54) is 0 Å². The lowest BCUT2D eigenvalue weighted by Gasteiger charge is -2.31. The van der Waals surface area contributed by atoms with Crippen molar-refractivity contribution in [3.8, 4) is 0 Å². The quantitative estimate of drug-likeness (QED) is 0.748. The average Bonchev–Trinajstić information content (AvgIpc) is 2.25. The number of nitrogens with one attached hydrogen (secondary N) is 1. The number of halogens is 2. The molecule has 1 aliphatic rings. The van der Waals surface area contributed by atoms with Gasteiger partial charge in [-0.25, -0.2) is 8.78 Å². The highest BCUT2D eigenvalue weighted by Gasteiger charge is 2.36. The van der Waals surface area contributed by atoms with Crippen LogP contribution in [-0.4, -0.2) is 30.0 Å². The van der Waals surface area contributed by atoms with Crippen molar-refractivity contribution in [1.29, 1.82) is 0 Å². The van der Waals surface area contributed by atoms with Crippen LogP contribution in [0.1, 0.15) is 46.0 Å². The minimum atomic E-state index is -2.41. The van der Waals surface area contributed by atoms with Gasteiger partial charge in [-0.05, 0) is 37.5 Å². The second-order valence-electron chi connectivity index (χ2n) is 4.97. The van der Waals surface area contributed by atoms with E-state index in [0.29, 0.717) is 12.5 Å². The van der Waals surface area contributed by atoms with Crippen LogP contribution in [0, 0.1) is 5.92 Å². The first-order valence-electron chi connectivity index (χ1n) is 6.76. The normalized spacial score (nSPS) is 25.8. The Bertz CT molecular complexity index is 212.